The Morgan fingerprint density at radius 3 is 2.76 bits per heavy atom. The van der Waals surface area contributed by atoms with Crippen LogP contribution in [0, 0.1) is 0 Å². The summed E-state index contributed by atoms with van der Waals surface area (Å²) >= 11 is 0. The molecule has 5 aromatic rings. The van der Waals surface area contributed by atoms with Gasteiger partial charge in [-0.25, -0.2) is 9.48 Å². The van der Waals surface area contributed by atoms with Gasteiger partial charge >= 0.3 is 5.63 Å². The number of aryl methyl sites for hydroxylation is 1. The molecule has 9 heteroatoms. The highest BCUT2D eigenvalue weighted by Gasteiger charge is 2.07. The van der Waals surface area contributed by atoms with Gasteiger partial charge in [0.15, 0.2) is 0 Å². The highest BCUT2D eigenvalue weighted by molar-refractivity contribution is 5.77. The molecule has 0 fully saturated rings. The summed E-state index contributed by atoms with van der Waals surface area (Å²) in [6.07, 6.45) is 6.10. The van der Waals surface area contributed by atoms with Gasteiger partial charge in [0.1, 0.15) is 22.5 Å². The van der Waals surface area contributed by atoms with Gasteiger partial charge in [-0.2, -0.15) is 0 Å². The quantitative estimate of drug-likeness (QED) is 0.238. The molecule has 0 saturated carbocycles. The zero-order valence-electron chi connectivity index (χ0n) is 18.1. The number of para-hydroxylation sites is 1. The van der Waals surface area contributed by atoms with Gasteiger partial charge in [-0.1, -0.05) is 29.0 Å². The van der Waals surface area contributed by atoms with E-state index in [1.54, 1.807) is 12.1 Å². The second-order valence-corrected chi connectivity index (χ2v) is 7.93. The maximum absolute atomic E-state index is 11.4. The monoisotopic (exact) mass is 444 g/mol. The minimum absolute atomic E-state index is 0.356. The number of ether oxygens (including phenoxy) is 1. The number of aromatic nitrogens is 6. The number of hydrogen-bond acceptors (Lipinski definition) is 7. The standard InChI is InChI=1S/C24H24N6O3/c31-24-12-10-18-9-11-20(15-23(18)33-24)32-14-6-2-1-5-13-29-16-19(25-27-29)17-30-22-8-4-3-7-21(22)26-28-30/h3-4,7-12,15-16H,1-2,5-6,13-14,17H2. The van der Waals surface area contributed by atoms with Crippen molar-refractivity contribution in [3.05, 3.63) is 76.9 Å². The number of unbranched alkanes of at least 4 members (excludes halogenated alkanes) is 3. The van der Waals surface area contributed by atoms with Crippen LogP contribution in [-0.2, 0) is 13.1 Å². The Balaban J connectivity index is 1.02. The summed E-state index contributed by atoms with van der Waals surface area (Å²) in [7, 11) is 0. The average molecular weight is 444 g/mol. The number of rotatable bonds is 10. The van der Waals surface area contributed by atoms with Crippen LogP contribution in [0.25, 0.3) is 22.0 Å². The van der Waals surface area contributed by atoms with Crippen LogP contribution < -0.4 is 10.4 Å². The van der Waals surface area contributed by atoms with E-state index in [0.717, 1.165) is 54.3 Å². The van der Waals surface area contributed by atoms with Gasteiger partial charge in [-0.15, -0.1) is 10.2 Å². The summed E-state index contributed by atoms with van der Waals surface area (Å²) in [6.45, 7) is 2.01. The molecule has 3 heterocycles. The Labute approximate surface area is 189 Å². The van der Waals surface area contributed by atoms with Gasteiger partial charge in [0.05, 0.1) is 24.9 Å². The smallest absolute Gasteiger partial charge is 0.336 e. The first kappa shape index (κ1) is 20.9. The fourth-order valence-electron chi connectivity index (χ4n) is 3.76. The lowest BCUT2D eigenvalue weighted by Crippen LogP contribution is -2.02. The van der Waals surface area contributed by atoms with Gasteiger partial charge in [0.25, 0.3) is 0 Å². The molecular formula is C24H24N6O3. The van der Waals surface area contributed by atoms with E-state index >= 15 is 0 Å². The van der Waals surface area contributed by atoms with E-state index in [1.165, 1.54) is 6.07 Å². The zero-order valence-corrected chi connectivity index (χ0v) is 18.1. The molecule has 0 aliphatic heterocycles. The number of hydrogen-bond donors (Lipinski definition) is 0. The van der Waals surface area contributed by atoms with E-state index in [2.05, 4.69) is 20.6 Å². The first-order valence-corrected chi connectivity index (χ1v) is 11.1. The Morgan fingerprint density at radius 2 is 1.79 bits per heavy atom. The lowest BCUT2D eigenvalue weighted by Gasteiger charge is -2.07. The van der Waals surface area contributed by atoms with E-state index in [4.69, 9.17) is 9.15 Å². The van der Waals surface area contributed by atoms with Crippen molar-refractivity contribution in [2.24, 2.45) is 0 Å². The molecule has 0 spiro atoms. The largest absolute Gasteiger partial charge is 0.493 e. The van der Waals surface area contributed by atoms with Crippen molar-refractivity contribution < 1.29 is 9.15 Å². The lowest BCUT2D eigenvalue weighted by molar-refractivity contribution is 0.303. The Kier molecular flexibility index (Phi) is 6.10. The third kappa shape index (κ3) is 5.08. The molecule has 0 N–H and O–H groups in total. The van der Waals surface area contributed by atoms with Crippen LogP contribution >= 0.6 is 0 Å². The van der Waals surface area contributed by atoms with Gasteiger partial charge in [0.2, 0.25) is 0 Å². The molecule has 5 rings (SSSR count). The van der Waals surface area contributed by atoms with Crippen LogP contribution in [0.4, 0.5) is 0 Å². The highest BCUT2D eigenvalue weighted by atomic mass is 16.5. The fourth-order valence-corrected chi connectivity index (χ4v) is 3.76. The molecule has 0 amide bonds. The molecule has 0 saturated heterocycles. The third-order valence-corrected chi connectivity index (χ3v) is 5.46. The van der Waals surface area contributed by atoms with E-state index in [9.17, 15) is 4.79 Å². The minimum atomic E-state index is -0.356. The van der Waals surface area contributed by atoms with Crippen LogP contribution in [0.3, 0.4) is 0 Å². The summed E-state index contributed by atoms with van der Waals surface area (Å²) in [5.41, 5.74) is 2.92. The summed E-state index contributed by atoms with van der Waals surface area (Å²) in [5, 5.41) is 17.8. The van der Waals surface area contributed by atoms with Crippen LogP contribution in [0.1, 0.15) is 31.4 Å². The second kappa shape index (κ2) is 9.64. The van der Waals surface area contributed by atoms with Crippen molar-refractivity contribution in [3.63, 3.8) is 0 Å². The molecule has 0 aliphatic carbocycles. The predicted molar refractivity (Wildman–Crippen MR) is 123 cm³/mol. The van der Waals surface area contributed by atoms with E-state index < -0.39 is 0 Å². The van der Waals surface area contributed by atoms with Gasteiger partial charge in [-0.3, -0.25) is 4.68 Å². The minimum Gasteiger partial charge on any atom is -0.493 e. The maximum Gasteiger partial charge on any atom is 0.336 e. The molecule has 0 aliphatic rings. The van der Waals surface area contributed by atoms with Crippen LogP contribution in [-0.4, -0.2) is 36.6 Å². The zero-order chi connectivity index (χ0) is 22.5. The summed E-state index contributed by atoms with van der Waals surface area (Å²) in [4.78, 5) is 11.4. The fraction of sp³-hybridized carbons (Fsp3) is 0.292. The van der Waals surface area contributed by atoms with Crippen molar-refractivity contribution in [2.75, 3.05) is 6.61 Å². The molecule has 0 radical (unpaired) electrons. The molecule has 168 valence electrons. The van der Waals surface area contributed by atoms with Crippen molar-refractivity contribution >= 4 is 22.0 Å². The first-order chi connectivity index (χ1) is 16.2. The molecule has 2 aromatic carbocycles. The first-order valence-electron chi connectivity index (χ1n) is 11.1. The van der Waals surface area contributed by atoms with Crippen LogP contribution in [0.15, 0.2) is 70.0 Å². The normalized spacial score (nSPS) is 11.4. The molecule has 0 unspecified atom stereocenters. The number of fused-ring (bicyclic) bond motifs is 2. The van der Waals surface area contributed by atoms with Crippen molar-refractivity contribution in [1.82, 2.24) is 30.0 Å². The van der Waals surface area contributed by atoms with Crippen LogP contribution in [0.5, 0.6) is 5.75 Å². The van der Waals surface area contributed by atoms with Crippen LogP contribution in [0.2, 0.25) is 0 Å². The second-order valence-electron chi connectivity index (χ2n) is 7.93. The average Bonchev–Trinajstić information content (AvgIpc) is 3.45. The topological polar surface area (TPSA) is 101 Å². The molecule has 33 heavy (non-hydrogen) atoms. The molecule has 9 nitrogen and oxygen atoms in total. The molecule has 0 atom stereocenters. The summed E-state index contributed by atoms with van der Waals surface area (Å²) < 4.78 is 14.7. The summed E-state index contributed by atoms with van der Waals surface area (Å²) in [6, 6.07) is 16.6. The van der Waals surface area contributed by atoms with Gasteiger partial charge < -0.3 is 9.15 Å². The van der Waals surface area contributed by atoms with E-state index in [0.29, 0.717) is 24.5 Å². The number of nitrogens with zero attached hydrogens (tertiary/aromatic N) is 6. The van der Waals surface area contributed by atoms with Crippen molar-refractivity contribution in [1.29, 1.82) is 0 Å². The third-order valence-electron chi connectivity index (χ3n) is 5.46. The van der Waals surface area contributed by atoms with Crippen molar-refractivity contribution in [3.8, 4) is 5.75 Å². The summed E-state index contributed by atoms with van der Waals surface area (Å²) in [5.74, 6) is 0.715. The number of benzene rings is 2. The van der Waals surface area contributed by atoms with E-state index in [-0.39, 0.29) is 5.63 Å². The molecule has 0 bridgehead atoms. The highest BCUT2D eigenvalue weighted by Crippen LogP contribution is 2.20. The Hall–Kier alpha value is -4.01. The maximum atomic E-state index is 11.4. The van der Waals surface area contributed by atoms with Gasteiger partial charge in [-0.05, 0) is 49.6 Å². The molecule has 3 aromatic heterocycles. The Bertz CT molecular complexity index is 1420. The SMILES string of the molecule is O=c1ccc2ccc(OCCCCCCn3cc(Cn4nnc5ccccc54)nn3)cc2o1. The Morgan fingerprint density at radius 1 is 0.909 bits per heavy atom. The predicted octanol–water partition coefficient (Wildman–Crippen LogP) is 3.82. The lowest BCUT2D eigenvalue weighted by atomic mass is 10.2. The van der Waals surface area contributed by atoms with E-state index in [1.807, 2.05) is 52.0 Å². The molecular weight excluding hydrogens is 420 g/mol. The van der Waals surface area contributed by atoms with Gasteiger partial charge in [0, 0.05) is 24.1 Å². The van der Waals surface area contributed by atoms with Crippen molar-refractivity contribution in [2.45, 2.75) is 38.8 Å².